The average molecular weight is 893 g/mol. The highest BCUT2D eigenvalue weighted by Gasteiger charge is 2.60. The largest absolute Gasteiger partial charge is 0.457 e. The maximum Gasteiger partial charge on any atom is 0.287 e. The molecule has 8 aromatic rings. The predicted octanol–water partition coefficient (Wildman–Crippen LogP) is 12.3. The van der Waals surface area contributed by atoms with Gasteiger partial charge >= 0.3 is 0 Å². The fourth-order valence-electron chi connectivity index (χ4n) is 11.7. The van der Waals surface area contributed by atoms with Crippen molar-refractivity contribution in [1.82, 2.24) is 9.97 Å². The van der Waals surface area contributed by atoms with E-state index in [4.69, 9.17) is 19.4 Å². The quantitative estimate of drug-likeness (QED) is 0.159. The third-order valence-corrected chi connectivity index (χ3v) is 19.6. The van der Waals surface area contributed by atoms with E-state index in [1.54, 1.807) is 0 Å². The Morgan fingerprint density at radius 1 is 0.485 bits per heavy atom. The number of pyridine rings is 2. The topological polar surface area (TPSA) is 50.7 Å². The van der Waals surface area contributed by atoms with Crippen molar-refractivity contribution in [3.63, 3.8) is 0 Å². The van der Waals surface area contributed by atoms with E-state index in [-0.39, 0.29) is 33.7 Å². The fourth-order valence-corrected chi connectivity index (χ4v) is 15.1. The summed E-state index contributed by atoms with van der Waals surface area (Å²) in [6.07, 6.45) is 0. The molecule has 0 aliphatic carbocycles. The lowest BCUT2D eigenvalue weighted by Crippen LogP contribution is -2.55. The molecule has 6 aliphatic heterocycles. The van der Waals surface area contributed by atoms with Crippen LogP contribution in [0.5, 0.6) is 23.1 Å². The molecule has 0 saturated carbocycles. The zero-order valence-corrected chi connectivity index (χ0v) is 39.9. The first-order valence-electron chi connectivity index (χ1n) is 23.1. The van der Waals surface area contributed by atoms with Crippen molar-refractivity contribution >= 4 is 114 Å². The minimum atomic E-state index is -0.194. The molecule has 14 rings (SSSR count). The molecule has 0 atom stereocenters. The van der Waals surface area contributed by atoms with Crippen LogP contribution in [0.25, 0.3) is 32.6 Å². The predicted molar refractivity (Wildman–Crippen MR) is 280 cm³/mol. The summed E-state index contributed by atoms with van der Waals surface area (Å²) in [6, 6.07) is 48.2. The van der Waals surface area contributed by atoms with Gasteiger partial charge in [0.05, 0.1) is 28.0 Å². The van der Waals surface area contributed by atoms with Crippen LogP contribution < -0.4 is 41.3 Å². The molecule has 0 spiro atoms. The normalized spacial score (nSPS) is 19.6. The number of benzene rings is 6. The van der Waals surface area contributed by atoms with E-state index in [1.165, 1.54) is 54.1 Å². The molecule has 6 aromatic carbocycles. The van der Waals surface area contributed by atoms with Crippen LogP contribution in [0.15, 0.2) is 154 Å². The Hall–Kier alpha value is -6.09. The third kappa shape index (κ3) is 4.89. The molecule has 0 radical (unpaired) electrons. The minimum Gasteiger partial charge on any atom is -0.457 e. The smallest absolute Gasteiger partial charge is 0.287 e. The van der Waals surface area contributed by atoms with Crippen LogP contribution >= 0.6 is 23.5 Å². The van der Waals surface area contributed by atoms with Gasteiger partial charge in [0.1, 0.15) is 17.2 Å². The summed E-state index contributed by atoms with van der Waals surface area (Å²) >= 11 is 4.01. The van der Waals surface area contributed by atoms with Crippen molar-refractivity contribution in [3.05, 3.63) is 154 Å². The number of allylic oxidation sites excluding steroid dienone is 2. The van der Waals surface area contributed by atoms with E-state index < -0.39 is 0 Å². The van der Waals surface area contributed by atoms with Crippen molar-refractivity contribution in [2.75, 3.05) is 9.80 Å². The summed E-state index contributed by atoms with van der Waals surface area (Å²) in [4.78, 5) is 19.0. The fraction of sp³-hybridized carbons (Fsp3) is 0.214. The average Bonchev–Trinajstić information content (AvgIpc) is 3.62. The van der Waals surface area contributed by atoms with E-state index in [0.717, 1.165) is 61.5 Å². The SMILES string of the molecule is CC1(C)SC2=C(N(c3ccccc3)c3c4c(cc5ccccc35)Oc3nc5cc6c(nc5cc3B24)B2C3=C(N(c4ccccc4)c4c2c(cc2ccccc42)O6)C(C)(C)C(C)(C)S3)C1(C)C. The molecule has 2 aromatic heterocycles. The van der Waals surface area contributed by atoms with Crippen LogP contribution in [0.3, 0.4) is 0 Å². The van der Waals surface area contributed by atoms with Gasteiger partial charge in [-0.1, -0.05) is 113 Å². The van der Waals surface area contributed by atoms with Crippen LogP contribution in [0.2, 0.25) is 0 Å². The van der Waals surface area contributed by atoms with Gasteiger partial charge in [-0.25, -0.2) is 4.98 Å². The van der Waals surface area contributed by atoms with Crippen molar-refractivity contribution in [2.45, 2.75) is 64.9 Å². The Morgan fingerprint density at radius 2 is 0.955 bits per heavy atom. The van der Waals surface area contributed by atoms with Gasteiger partial charge in [0.15, 0.2) is 0 Å². The van der Waals surface area contributed by atoms with Gasteiger partial charge < -0.3 is 19.3 Å². The molecule has 0 bridgehead atoms. The number of para-hydroxylation sites is 2. The Bertz CT molecular complexity index is 3360. The number of aromatic nitrogens is 2. The molecule has 0 saturated heterocycles. The molecule has 8 heterocycles. The second-order valence-corrected chi connectivity index (χ2v) is 24.2. The summed E-state index contributed by atoms with van der Waals surface area (Å²) in [5, 5.41) is 4.69. The molecule has 10 heteroatoms. The highest BCUT2D eigenvalue weighted by atomic mass is 32.2. The summed E-state index contributed by atoms with van der Waals surface area (Å²) in [5.74, 6) is 3.10. The van der Waals surface area contributed by atoms with E-state index >= 15 is 0 Å². The van der Waals surface area contributed by atoms with Crippen molar-refractivity contribution in [1.29, 1.82) is 0 Å². The summed E-state index contributed by atoms with van der Waals surface area (Å²) < 4.78 is 14.0. The van der Waals surface area contributed by atoms with Gasteiger partial charge in [0.2, 0.25) is 5.88 Å². The van der Waals surface area contributed by atoms with Crippen LogP contribution in [0.4, 0.5) is 22.7 Å². The number of rotatable bonds is 2. The van der Waals surface area contributed by atoms with Crippen LogP contribution in [-0.2, 0) is 0 Å². The Kier molecular flexibility index (Phi) is 7.62. The van der Waals surface area contributed by atoms with Gasteiger partial charge in [0, 0.05) is 65.4 Å². The van der Waals surface area contributed by atoms with E-state index in [9.17, 15) is 0 Å². The molecule has 320 valence electrons. The summed E-state index contributed by atoms with van der Waals surface area (Å²) in [6.45, 7) is 19.1. The van der Waals surface area contributed by atoms with Crippen molar-refractivity contribution < 1.29 is 9.47 Å². The maximum absolute atomic E-state index is 7.13. The zero-order valence-electron chi connectivity index (χ0n) is 38.3. The zero-order chi connectivity index (χ0) is 44.8. The first kappa shape index (κ1) is 39.1. The number of fused-ring (bicyclic) bond motifs is 11. The molecule has 6 aliphatic rings. The number of thioether (sulfide) groups is 2. The lowest BCUT2D eigenvalue weighted by Gasteiger charge is -2.45. The first-order chi connectivity index (χ1) is 31.7. The van der Waals surface area contributed by atoms with Crippen molar-refractivity contribution in [2.24, 2.45) is 10.8 Å². The Labute approximate surface area is 394 Å². The standard InChI is InChI=1S/C56H46B2N4O2S2/c1-53(2)47-50(65-55(53,5)6)57-37-29-38-39(60-52(37)64-41-28-32-20-16-17-25-35(32)45(43(41)57)61(47)33-21-11-9-12-22-33)30-42-49(59-38)58-44-40(63-42)27-31-19-15-18-26-36(31)46(44)62(34-23-13-10-14-24-34)48-51(58)66-56(7,8)54(48,3)4/h9-30H,1-8H3. The molecule has 0 N–H and O–H groups in total. The van der Waals surface area contributed by atoms with Gasteiger partial charge in [-0.3, -0.25) is 4.98 Å². The van der Waals surface area contributed by atoms with Crippen LogP contribution in [-0.4, -0.2) is 32.9 Å². The highest BCUT2D eigenvalue weighted by Crippen LogP contribution is 2.65. The molecular weight excluding hydrogens is 846 g/mol. The summed E-state index contributed by atoms with van der Waals surface area (Å²) in [5.41, 5.74) is 12.9. The van der Waals surface area contributed by atoms with Gasteiger partial charge in [-0.15, -0.1) is 23.5 Å². The van der Waals surface area contributed by atoms with Gasteiger partial charge in [-0.2, -0.15) is 0 Å². The van der Waals surface area contributed by atoms with E-state index in [0.29, 0.717) is 5.88 Å². The van der Waals surface area contributed by atoms with E-state index in [2.05, 4.69) is 199 Å². The van der Waals surface area contributed by atoms with E-state index in [1.807, 2.05) is 23.5 Å². The molecule has 6 nitrogen and oxygen atoms in total. The Morgan fingerprint density at radius 3 is 1.52 bits per heavy atom. The van der Waals surface area contributed by atoms with Crippen LogP contribution in [0, 0.1) is 10.8 Å². The minimum absolute atomic E-state index is 0.0931. The molecular formula is C56H46B2N4O2S2. The molecule has 0 fully saturated rings. The molecule has 66 heavy (non-hydrogen) atoms. The maximum atomic E-state index is 7.13. The Balaban J connectivity index is 1.04. The number of anilines is 4. The highest BCUT2D eigenvalue weighted by molar-refractivity contribution is 8.07. The second kappa shape index (κ2) is 12.9. The lowest BCUT2D eigenvalue weighted by molar-refractivity contribution is 0.352. The third-order valence-electron chi connectivity index (χ3n) is 16.3. The van der Waals surface area contributed by atoms with Gasteiger partial charge in [0.25, 0.3) is 13.4 Å². The first-order valence-corrected chi connectivity index (χ1v) is 24.8. The summed E-state index contributed by atoms with van der Waals surface area (Å²) in [7, 11) is 0. The molecule has 0 unspecified atom stereocenters. The lowest BCUT2D eigenvalue weighted by atomic mass is 9.37. The number of ether oxygens (including phenoxy) is 2. The number of nitrogens with zero attached hydrogens (tertiary/aromatic N) is 4. The monoisotopic (exact) mass is 892 g/mol. The second-order valence-electron chi connectivity index (χ2n) is 20.8. The molecule has 0 amide bonds. The van der Waals surface area contributed by atoms with Crippen LogP contribution in [0.1, 0.15) is 55.4 Å². The number of hydrogen-bond donors (Lipinski definition) is 0. The number of hydrogen-bond acceptors (Lipinski definition) is 8. The van der Waals surface area contributed by atoms with Crippen molar-refractivity contribution in [3.8, 4) is 23.1 Å². The van der Waals surface area contributed by atoms with Gasteiger partial charge in [-0.05, 0) is 101 Å².